The molecule has 0 aromatic heterocycles. The Labute approximate surface area is 99.9 Å². The quantitative estimate of drug-likeness (QED) is 0.863. The first kappa shape index (κ1) is 12.5. The zero-order chi connectivity index (χ0) is 11.1. The van der Waals surface area contributed by atoms with Crippen LogP contribution in [0.15, 0.2) is 28.7 Å². The maximum Gasteiger partial charge on any atom is 0.119 e. The minimum Gasteiger partial charge on any atom is -0.494 e. The van der Waals surface area contributed by atoms with E-state index in [-0.39, 0.29) is 0 Å². The average molecular weight is 272 g/mol. The van der Waals surface area contributed by atoms with Gasteiger partial charge in [0.2, 0.25) is 0 Å². The average Bonchev–Trinajstić information content (AvgIpc) is 2.27. The molecule has 84 valence electrons. The molecule has 0 amide bonds. The van der Waals surface area contributed by atoms with Crippen LogP contribution in [0.25, 0.3) is 0 Å². The van der Waals surface area contributed by atoms with Gasteiger partial charge in [0.05, 0.1) is 6.61 Å². The number of benzene rings is 1. The molecule has 15 heavy (non-hydrogen) atoms. The Morgan fingerprint density at radius 3 is 2.53 bits per heavy atom. The van der Waals surface area contributed by atoms with Crippen molar-refractivity contribution in [1.29, 1.82) is 0 Å². The van der Waals surface area contributed by atoms with Gasteiger partial charge in [-0.1, -0.05) is 29.3 Å². The monoisotopic (exact) mass is 271 g/mol. The third kappa shape index (κ3) is 4.67. The van der Waals surface area contributed by atoms with E-state index in [2.05, 4.69) is 22.9 Å². The molecule has 0 saturated carbocycles. The van der Waals surface area contributed by atoms with Crippen molar-refractivity contribution in [2.75, 3.05) is 13.2 Å². The van der Waals surface area contributed by atoms with Gasteiger partial charge in [-0.2, -0.15) is 0 Å². The standard InChI is InChI=1S/C12H18BrNO/c1-2-10(9-14)7-8-15-12-5-3-11(13)4-6-12/h3-6,10H,2,7-9,14H2,1H3. The number of hydrogen-bond acceptors (Lipinski definition) is 2. The van der Waals surface area contributed by atoms with E-state index < -0.39 is 0 Å². The fourth-order valence-corrected chi connectivity index (χ4v) is 1.63. The predicted molar refractivity (Wildman–Crippen MR) is 67.1 cm³/mol. The largest absolute Gasteiger partial charge is 0.494 e. The summed E-state index contributed by atoms with van der Waals surface area (Å²) >= 11 is 3.39. The summed E-state index contributed by atoms with van der Waals surface area (Å²) in [7, 11) is 0. The van der Waals surface area contributed by atoms with Crippen LogP contribution in [0.3, 0.4) is 0 Å². The minimum atomic E-state index is 0.584. The van der Waals surface area contributed by atoms with Crippen LogP contribution in [-0.2, 0) is 0 Å². The minimum absolute atomic E-state index is 0.584. The third-order valence-corrected chi connectivity index (χ3v) is 3.05. The van der Waals surface area contributed by atoms with Gasteiger partial charge in [-0.05, 0) is 43.1 Å². The summed E-state index contributed by atoms with van der Waals surface area (Å²) in [6.45, 7) is 3.66. The van der Waals surface area contributed by atoms with Crippen molar-refractivity contribution in [2.24, 2.45) is 11.7 Å². The van der Waals surface area contributed by atoms with E-state index in [1.165, 1.54) is 0 Å². The van der Waals surface area contributed by atoms with Crippen molar-refractivity contribution < 1.29 is 4.74 Å². The van der Waals surface area contributed by atoms with Crippen LogP contribution in [0.1, 0.15) is 19.8 Å². The van der Waals surface area contributed by atoms with Crippen LogP contribution in [-0.4, -0.2) is 13.2 Å². The molecule has 0 bridgehead atoms. The lowest BCUT2D eigenvalue weighted by Crippen LogP contribution is -2.16. The highest BCUT2D eigenvalue weighted by atomic mass is 79.9. The molecule has 1 rings (SSSR count). The Morgan fingerprint density at radius 2 is 2.00 bits per heavy atom. The number of rotatable bonds is 6. The Hall–Kier alpha value is -0.540. The fourth-order valence-electron chi connectivity index (χ4n) is 1.36. The van der Waals surface area contributed by atoms with Crippen molar-refractivity contribution in [1.82, 2.24) is 0 Å². The van der Waals surface area contributed by atoms with E-state index in [0.29, 0.717) is 5.92 Å². The molecule has 0 spiro atoms. The van der Waals surface area contributed by atoms with Gasteiger partial charge in [-0.25, -0.2) is 0 Å². The molecular weight excluding hydrogens is 254 g/mol. The second-order valence-electron chi connectivity index (χ2n) is 3.60. The van der Waals surface area contributed by atoms with Crippen molar-refractivity contribution in [3.63, 3.8) is 0 Å². The summed E-state index contributed by atoms with van der Waals surface area (Å²) in [6, 6.07) is 7.89. The second-order valence-corrected chi connectivity index (χ2v) is 4.52. The zero-order valence-electron chi connectivity index (χ0n) is 9.08. The van der Waals surface area contributed by atoms with Crippen LogP contribution in [0.2, 0.25) is 0 Å². The summed E-state index contributed by atoms with van der Waals surface area (Å²) in [5, 5.41) is 0. The molecule has 0 fully saturated rings. The van der Waals surface area contributed by atoms with Crippen molar-refractivity contribution in [3.8, 4) is 5.75 Å². The van der Waals surface area contributed by atoms with Crippen LogP contribution in [0.4, 0.5) is 0 Å². The molecule has 1 unspecified atom stereocenters. The van der Waals surface area contributed by atoms with Gasteiger partial charge in [-0.3, -0.25) is 0 Å². The molecule has 1 aromatic carbocycles. The Kier molecular flexibility index (Phi) is 5.73. The Balaban J connectivity index is 2.28. The maximum atomic E-state index is 5.62. The molecule has 3 heteroatoms. The zero-order valence-corrected chi connectivity index (χ0v) is 10.7. The van der Waals surface area contributed by atoms with Crippen LogP contribution >= 0.6 is 15.9 Å². The van der Waals surface area contributed by atoms with E-state index in [0.717, 1.165) is 36.2 Å². The van der Waals surface area contributed by atoms with Gasteiger partial charge in [0.1, 0.15) is 5.75 Å². The number of halogens is 1. The molecular formula is C12H18BrNO. The van der Waals surface area contributed by atoms with E-state index >= 15 is 0 Å². The second kappa shape index (κ2) is 6.85. The highest BCUT2D eigenvalue weighted by molar-refractivity contribution is 9.10. The van der Waals surface area contributed by atoms with E-state index in [9.17, 15) is 0 Å². The summed E-state index contributed by atoms with van der Waals surface area (Å²) in [5.41, 5.74) is 5.62. The van der Waals surface area contributed by atoms with Gasteiger partial charge in [0.15, 0.2) is 0 Å². The topological polar surface area (TPSA) is 35.2 Å². The molecule has 0 aliphatic heterocycles. The predicted octanol–water partition coefficient (Wildman–Crippen LogP) is 3.20. The molecule has 0 aliphatic rings. The highest BCUT2D eigenvalue weighted by Crippen LogP contribution is 2.17. The Bertz CT molecular complexity index is 269. The first-order valence-corrected chi connectivity index (χ1v) is 6.14. The van der Waals surface area contributed by atoms with Gasteiger partial charge in [0.25, 0.3) is 0 Å². The van der Waals surface area contributed by atoms with Gasteiger partial charge < -0.3 is 10.5 Å². The van der Waals surface area contributed by atoms with Crippen molar-refractivity contribution in [3.05, 3.63) is 28.7 Å². The van der Waals surface area contributed by atoms with Gasteiger partial charge in [0, 0.05) is 4.47 Å². The molecule has 1 atom stereocenters. The SMILES string of the molecule is CCC(CN)CCOc1ccc(Br)cc1. The molecule has 1 aromatic rings. The molecule has 0 heterocycles. The molecule has 0 radical (unpaired) electrons. The van der Waals surface area contributed by atoms with Crippen molar-refractivity contribution in [2.45, 2.75) is 19.8 Å². The lowest BCUT2D eigenvalue weighted by Gasteiger charge is -2.12. The number of hydrogen-bond donors (Lipinski definition) is 1. The summed E-state index contributed by atoms with van der Waals surface area (Å²) in [6.07, 6.45) is 2.16. The summed E-state index contributed by atoms with van der Waals surface area (Å²) in [5.74, 6) is 1.51. The molecule has 0 aliphatic carbocycles. The summed E-state index contributed by atoms with van der Waals surface area (Å²) < 4.78 is 6.69. The van der Waals surface area contributed by atoms with Crippen LogP contribution in [0, 0.1) is 5.92 Å². The van der Waals surface area contributed by atoms with Crippen LogP contribution < -0.4 is 10.5 Å². The highest BCUT2D eigenvalue weighted by Gasteiger charge is 2.03. The van der Waals surface area contributed by atoms with E-state index in [4.69, 9.17) is 10.5 Å². The maximum absolute atomic E-state index is 5.62. The molecule has 2 nitrogen and oxygen atoms in total. The van der Waals surface area contributed by atoms with E-state index in [1.807, 2.05) is 24.3 Å². The Morgan fingerprint density at radius 1 is 1.33 bits per heavy atom. The van der Waals surface area contributed by atoms with Gasteiger partial charge >= 0.3 is 0 Å². The van der Waals surface area contributed by atoms with Crippen LogP contribution in [0.5, 0.6) is 5.75 Å². The molecule has 2 N–H and O–H groups in total. The normalized spacial score (nSPS) is 12.5. The lowest BCUT2D eigenvalue weighted by molar-refractivity contribution is 0.277. The first-order chi connectivity index (χ1) is 7.26. The smallest absolute Gasteiger partial charge is 0.119 e. The summed E-state index contributed by atoms with van der Waals surface area (Å²) in [4.78, 5) is 0. The lowest BCUT2D eigenvalue weighted by atomic mass is 10.0. The third-order valence-electron chi connectivity index (χ3n) is 2.52. The molecule has 0 saturated heterocycles. The van der Waals surface area contributed by atoms with E-state index in [1.54, 1.807) is 0 Å². The van der Waals surface area contributed by atoms with Gasteiger partial charge in [-0.15, -0.1) is 0 Å². The fraction of sp³-hybridized carbons (Fsp3) is 0.500. The first-order valence-electron chi connectivity index (χ1n) is 5.34. The number of ether oxygens (including phenoxy) is 1. The number of nitrogens with two attached hydrogens (primary N) is 1. The van der Waals surface area contributed by atoms with Crippen molar-refractivity contribution >= 4 is 15.9 Å².